The van der Waals surface area contributed by atoms with E-state index in [9.17, 15) is 0 Å². The molecule has 34 heavy (non-hydrogen) atoms. The Morgan fingerprint density at radius 2 is 1.18 bits per heavy atom. The number of hydrogen-bond acceptors (Lipinski definition) is 1. The predicted molar refractivity (Wildman–Crippen MR) is 141 cm³/mol. The predicted octanol–water partition coefficient (Wildman–Crippen LogP) is 7.45. The average molecular weight is 447 g/mol. The van der Waals surface area contributed by atoms with Crippen LogP contribution in [0.4, 0.5) is 5.69 Å². The van der Waals surface area contributed by atoms with E-state index in [0.717, 1.165) is 11.3 Å². The van der Waals surface area contributed by atoms with E-state index in [0.29, 0.717) is 6.73 Å². The highest BCUT2D eigenvalue weighted by Gasteiger charge is 2.36. The number of hydrogen-bond donors (Lipinski definition) is 0. The minimum atomic E-state index is -0.340. The summed E-state index contributed by atoms with van der Waals surface area (Å²) in [5, 5.41) is 0. The van der Waals surface area contributed by atoms with Crippen LogP contribution in [0, 0.1) is 0 Å². The zero-order valence-electron chi connectivity index (χ0n) is 20.5. The quantitative estimate of drug-likeness (QED) is 0.234. The molecule has 1 aliphatic rings. The molecule has 0 saturated carbocycles. The normalized spacial score (nSPS) is 13.6. The Hall–Kier alpha value is -3.65. The van der Waals surface area contributed by atoms with Crippen LogP contribution in [0.15, 0.2) is 103 Å². The maximum absolute atomic E-state index is 6.57. The molecule has 4 aromatic rings. The summed E-state index contributed by atoms with van der Waals surface area (Å²) in [5.41, 5.74) is 7.00. The number of ether oxygens (including phenoxy) is 1. The average Bonchev–Trinajstić information content (AvgIpc) is 2.88. The van der Waals surface area contributed by atoms with Gasteiger partial charge in [-0.15, -0.1) is 0 Å². The maximum atomic E-state index is 6.57. The Balaban J connectivity index is 1.68. The third-order valence-electron chi connectivity index (χ3n) is 6.95. The van der Waals surface area contributed by atoms with Gasteiger partial charge < -0.3 is 4.74 Å². The van der Waals surface area contributed by atoms with Crippen molar-refractivity contribution in [3.8, 4) is 5.75 Å². The van der Waals surface area contributed by atoms with Crippen LogP contribution in [0.5, 0.6) is 5.75 Å². The fourth-order valence-electron chi connectivity index (χ4n) is 5.07. The molecule has 0 aliphatic carbocycles. The lowest BCUT2D eigenvalue weighted by atomic mass is 9.70. The van der Waals surface area contributed by atoms with Crippen molar-refractivity contribution in [1.29, 1.82) is 0 Å². The molecule has 5 rings (SSSR count). The lowest BCUT2D eigenvalue weighted by Crippen LogP contribution is -2.29. The van der Waals surface area contributed by atoms with Gasteiger partial charge in [-0.05, 0) is 29.5 Å². The van der Waals surface area contributed by atoms with Crippen LogP contribution >= 0.6 is 0 Å². The number of fused-ring (bicyclic) bond motifs is 1. The van der Waals surface area contributed by atoms with E-state index in [1.807, 2.05) is 0 Å². The fourth-order valence-corrected chi connectivity index (χ4v) is 5.07. The van der Waals surface area contributed by atoms with Gasteiger partial charge in [-0.2, -0.15) is 4.58 Å². The molecule has 2 heteroatoms. The highest BCUT2D eigenvalue weighted by atomic mass is 16.5. The van der Waals surface area contributed by atoms with E-state index >= 15 is 0 Å². The van der Waals surface area contributed by atoms with Crippen LogP contribution in [-0.4, -0.2) is 17.5 Å². The summed E-state index contributed by atoms with van der Waals surface area (Å²) < 4.78 is 8.80. The maximum Gasteiger partial charge on any atom is 0.292 e. The minimum Gasteiger partial charge on any atom is -0.435 e. The molecule has 1 aliphatic heterocycles. The standard InChI is InChI=1S/C32H32NO/c1-31(2,3)27-19-11-12-21-29(27)33-22-24-14-13-20-28(30(24)34-23-33)32(4,25-15-7-5-8-16-25)26-17-9-6-10-18-26/h5-22H,23H2,1-4H3/q+1. The molecule has 0 amide bonds. The third-order valence-corrected chi connectivity index (χ3v) is 6.95. The lowest BCUT2D eigenvalue weighted by Gasteiger charge is -2.34. The molecular formula is C32H32NO+. The van der Waals surface area contributed by atoms with Crippen molar-refractivity contribution in [3.05, 3.63) is 131 Å². The van der Waals surface area contributed by atoms with Crippen LogP contribution < -0.4 is 4.74 Å². The van der Waals surface area contributed by atoms with Crippen LogP contribution in [0.1, 0.15) is 55.5 Å². The van der Waals surface area contributed by atoms with Gasteiger partial charge in [0.25, 0.3) is 6.73 Å². The molecule has 0 atom stereocenters. The van der Waals surface area contributed by atoms with Gasteiger partial charge in [0.15, 0.2) is 6.21 Å². The van der Waals surface area contributed by atoms with Gasteiger partial charge in [0.2, 0.25) is 5.69 Å². The zero-order valence-corrected chi connectivity index (χ0v) is 20.5. The SMILES string of the molecule is CC(C)(C)c1ccccc1[N+]1=Cc2cccc(C(C)(c3ccccc3)c3ccccc3)c2OC1. The van der Waals surface area contributed by atoms with Gasteiger partial charge in [-0.25, -0.2) is 0 Å². The molecule has 0 unspecified atom stereocenters. The Kier molecular flexibility index (Phi) is 5.61. The fraction of sp³-hybridized carbons (Fsp3) is 0.219. The second kappa shape index (κ2) is 8.61. The number of nitrogens with zero attached hydrogens (tertiary/aromatic N) is 1. The van der Waals surface area contributed by atoms with E-state index in [2.05, 4.69) is 142 Å². The summed E-state index contributed by atoms with van der Waals surface area (Å²) in [7, 11) is 0. The first-order valence-electron chi connectivity index (χ1n) is 12.0. The van der Waals surface area contributed by atoms with Crippen LogP contribution in [0.2, 0.25) is 0 Å². The minimum absolute atomic E-state index is 0.0474. The summed E-state index contributed by atoms with van der Waals surface area (Å²) in [6, 6.07) is 36.6. The summed E-state index contributed by atoms with van der Waals surface area (Å²) in [6.45, 7) is 9.56. The van der Waals surface area contributed by atoms with Crippen molar-refractivity contribution >= 4 is 11.9 Å². The molecule has 170 valence electrons. The van der Waals surface area contributed by atoms with E-state index in [4.69, 9.17) is 4.74 Å². The molecule has 0 saturated heterocycles. The molecule has 0 spiro atoms. The molecule has 2 nitrogen and oxygen atoms in total. The number of para-hydroxylation sites is 2. The lowest BCUT2D eigenvalue weighted by molar-refractivity contribution is -0.477. The monoisotopic (exact) mass is 446 g/mol. The second-order valence-corrected chi connectivity index (χ2v) is 10.2. The Morgan fingerprint density at radius 3 is 1.79 bits per heavy atom. The molecular weight excluding hydrogens is 414 g/mol. The molecule has 0 N–H and O–H groups in total. The largest absolute Gasteiger partial charge is 0.435 e. The molecule has 4 aromatic carbocycles. The van der Waals surface area contributed by atoms with Crippen LogP contribution in [0.3, 0.4) is 0 Å². The van der Waals surface area contributed by atoms with E-state index in [1.54, 1.807) is 0 Å². The molecule has 0 bridgehead atoms. The summed E-state index contributed by atoms with van der Waals surface area (Å²) >= 11 is 0. The van der Waals surface area contributed by atoms with Crippen LogP contribution in [-0.2, 0) is 10.8 Å². The molecule has 0 radical (unpaired) electrons. The van der Waals surface area contributed by atoms with E-state index < -0.39 is 0 Å². The van der Waals surface area contributed by atoms with Crippen molar-refractivity contribution in [2.24, 2.45) is 0 Å². The first kappa shape index (κ1) is 22.2. The molecule has 0 fully saturated rings. The van der Waals surface area contributed by atoms with Gasteiger partial charge in [-0.1, -0.05) is 112 Å². The highest BCUT2D eigenvalue weighted by molar-refractivity contribution is 5.83. The van der Waals surface area contributed by atoms with Crippen molar-refractivity contribution in [2.45, 2.75) is 38.5 Å². The number of rotatable bonds is 4. The zero-order chi connectivity index (χ0) is 23.8. The highest BCUT2D eigenvalue weighted by Crippen LogP contribution is 2.44. The molecule has 0 aromatic heterocycles. The van der Waals surface area contributed by atoms with Gasteiger partial charge in [0.1, 0.15) is 5.75 Å². The van der Waals surface area contributed by atoms with Gasteiger partial charge in [0, 0.05) is 22.6 Å². The van der Waals surface area contributed by atoms with Crippen molar-refractivity contribution < 1.29 is 9.31 Å². The van der Waals surface area contributed by atoms with Crippen molar-refractivity contribution in [1.82, 2.24) is 0 Å². The van der Waals surface area contributed by atoms with E-state index in [1.165, 1.54) is 27.9 Å². The van der Waals surface area contributed by atoms with Crippen molar-refractivity contribution in [2.75, 3.05) is 6.73 Å². The van der Waals surface area contributed by atoms with Crippen LogP contribution in [0.25, 0.3) is 0 Å². The Morgan fingerprint density at radius 1 is 0.618 bits per heavy atom. The Bertz CT molecular complexity index is 1290. The van der Waals surface area contributed by atoms with Gasteiger partial charge >= 0.3 is 0 Å². The van der Waals surface area contributed by atoms with Gasteiger partial charge in [-0.3, -0.25) is 0 Å². The third kappa shape index (κ3) is 3.84. The summed E-state index contributed by atoms with van der Waals surface area (Å²) in [4.78, 5) is 0. The first-order chi connectivity index (χ1) is 16.4. The molecule has 1 heterocycles. The van der Waals surface area contributed by atoms with Crippen molar-refractivity contribution in [3.63, 3.8) is 0 Å². The van der Waals surface area contributed by atoms with Gasteiger partial charge in [0.05, 0.1) is 5.56 Å². The smallest absolute Gasteiger partial charge is 0.292 e. The topological polar surface area (TPSA) is 12.2 Å². The summed E-state index contributed by atoms with van der Waals surface area (Å²) in [6.07, 6.45) is 2.24. The Labute approximate surface area is 203 Å². The summed E-state index contributed by atoms with van der Waals surface area (Å²) in [5.74, 6) is 0.960. The van der Waals surface area contributed by atoms with E-state index in [-0.39, 0.29) is 10.8 Å². The number of benzene rings is 4. The first-order valence-corrected chi connectivity index (χ1v) is 12.0. The second-order valence-electron chi connectivity index (χ2n) is 10.2.